The fourth-order valence-electron chi connectivity index (χ4n) is 4.95. The van der Waals surface area contributed by atoms with Crippen molar-refractivity contribution in [2.45, 2.75) is 52.2 Å². The highest BCUT2D eigenvalue weighted by Crippen LogP contribution is 2.54. The van der Waals surface area contributed by atoms with Crippen LogP contribution in [0.5, 0.6) is 0 Å². The van der Waals surface area contributed by atoms with Gasteiger partial charge in [-0.2, -0.15) is 0 Å². The maximum absolute atomic E-state index is 12.3. The van der Waals surface area contributed by atoms with Crippen LogP contribution in [-0.2, 0) is 9.53 Å². The number of nitrogens with one attached hydrogen (secondary N) is 1. The van der Waals surface area contributed by atoms with Crippen LogP contribution < -0.4 is 5.32 Å². The normalized spacial score (nSPS) is 33.7. The number of allylic oxidation sites excluding steroid dienone is 1. The number of nitrogens with zero attached hydrogens (tertiary/aromatic N) is 2. The van der Waals surface area contributed by atoms with E-state index in [2.05, 4.69) is 48.9 Å². The number of hydrogen-bond donors (Lipinski definition) is 1. The summed E-state index contributed by atoms with van der Waals surface area (Å²) >= 11 is 0. The number of fused-ring (bicyclic) bond motifs is 1. The lowest BCUT2D eigenvalue weighted by atomic mass is 9.73. The molecule has 3 heterocycles. The Morgan fingerprint density at radius 1 is 1.36 bits per heavy atom. The summed E-state index contributed by atoms with van der Waals surface area (Å²) in [5.41, 5.74) is 1.44. The van der Waals surface area contributed by atoms with Gasteiger partial charge in [-0.1, -0.05) is 25.5 Å². The van der Waals surface area contributed by atoms with E-state index in [4.69, 9.17) is 4.74 Å². The number of carbonyl (C=O) groups is 1. The molecule has 1 N–H and O–H groups in total. The van der Waals surface area contributed by atoms with Gasteiger partial charge in [-0.3, -0.25) is 14.6 Å². The molecule has 5 heteroatoms. The molecule has 0 aromatic heterocycles. The highest BCUT2D eigenvalue weighted by Gasteiger charge is 2.62. The Labute approximate surface area is 152 Å². The van der Waals surface area contributed by atoms with Gasteiger partial charge in [-0.05, 0) is 39.8 Å². The third-order valence-electron chi connectivity index (χ3n) is 6.41. The zero-order valence-electron chi connectivity index (χ0n) is 16.4. The van der Waals surface area contributed by atoms with Gasteiger partial charge in [0.25, 0.3) is 0 Å². The van der Waals surface area contributed by atoms with Crippen LogP contribution in [0.15, 0.2) is 11.6 Å². The maximum atomic E-state index is 12.3. The predicted octanol–water partition coefficient (Wildman–Crippen LogP) is 1.89. The van der Waals surface area contributed by atoms with Gasteiger partial charge in [0.15, 0.2) is 0 Å². The van der Waals surface area contributed by atoms with Crippen LogP contribution in [0.3, 0.4) is 0 Å². The second-order valence-electron chi connectivity index (χ2n) is 8.27. The van der Waals surface area contributed by atoms with E-state index in [1.807, 2.05) is 0 Å². The molecule has 3 saturated heterocycles. The zero-order chi connectivity index (χ0) is 18.0. The smallest absolute Gasteiger partial charge is 0.234 e. The van der Waals surface area contributed by atoms with Crippen LogP contribution in [0, 0.1) is 11.8 Å². The van der Waals surface area contributed by atoms with E-state index in [-0.39, 0.29) is 11.5 Å². The Morgan fingerprint density at radius 3 is 2.80 bits per heavy atom. The molecule has 142 valence electrons. The summed E-state index contributed by atoms with van der Waals surface area (Å²) in [5.74, 6) is 1.21. The first-order chi connectivity index (χ1) is 12.0. The molecule has 4 atom stereocenters. The average molecular weight is 350 g/mol. The summed E-state index contributed by atoms with van der Waals surface area (Å²) in [6.45, 7) is 14.8. The quantitative estimate of drug-likeness (QED) is 0.680. The number of amides is 1. The molecule has 0 saturated carbocycles. The molecule has 5 nitrogen and oxygen atoms in total. The van der Waals surface area contributed by atoms with Gasteiger partial charge in [0.05, 0.1) is 18.2 Å². The molecule has 2 bridgehead atoms. The average Bonchev–Trinajstić information content (AvgIpc) is 3.23. The Bertz CT molecular complexity index is 513. The van der Waals surface area contributed by atoms with Gasteiger partial charge in [0.2, 0.25) is 5.91 Å². The van der Waals surface area contributed by atoms with Crippen LogP contribution in [0.1, 0.15) is 40.5 Å². The Balaban J connectivity index is 1.55. The van der Waals surface area contributed by atoms with Gasteiger partial charge in [-0.15, -0.1) is 0 Å². The van der Waals surface area contributed by atoms with E-state index in [1.165, 1.54) is 12.0 Å². The lowest BCUT2D eigenvalue weighted by Crippen LogP contribution is -2.44. The van der Waals surface area contributed by atoms with Crippen molar-refractivity contribution in [2.24, 2.45) is 11.8 Å². The first-order valence-corrected chi connectivity index (χ1v) is 10.00. The summed E-state index contributed by atoms with van der Waals surface area (Å²) in [6, 6.07) is 0. The fourth-order valence-corrected chi connectivity index (χ4v) is 4.95. The van der Waals surface area contributed by atoms with Crippen molar-refractivity contribution in [3.8, 4) is 0 Å². The van der Waals surface area contributed by atoms with Crippen molar-refractivity contribution < 1.29 is 9.53 Å². The standard InChI is InChI=1S/C20H35N3O2/c1-5-22(6-2)13-19(24)21-11-16-17-12-23(10-8-15(3)4)14-20(17)9-7-18(16)25-20/h8,16-18H,5-7,9-14H2,1-4H3,(H,21,24)/t16-,17+,18+,20+/m0/s1. The number of likely N-dealkylation sites (N-methyl/N-ethyl adjacent to an activating group) is 1. The van der Waals surface area contributed by atoms with E-state index in [9.17, 15) is 4.79 Å². The fraction of sp³-hybridized carbons (Fsp3) is 0.850. The molecule has 3 aliphatic heterocycles. The van der Waals surface area contributed by atoms with Crippen molar-refractivity contribution in [1.82, 2.24) is 15.1 Å². The highest BCUT2D eigenvalue weighted by atomic mass is 16.5. The van der Waals surface area contributed by atoms with E-state index in [0.29, 0.717) is 24.5 Å². The molecule has 0 aromatic rings. The topological polar surface area (TPSA) is 44.8 Å². The third kappa shape index (κ3) is 3.93. The summed E-state index contributed by atoms with van der Waals surface area (Å²) in [5, 5.41) is 3.19. The molecule has 0 radical (unpaired) electrons. The molecule has 0 aliphatic carbocycles. The molecule has 0 aromatic carbocycles. The Morgan fingerprint density at radius 2 is 2.12 bits per heavy atom. The van der Waals surface area contributed by atoms with Crippen molar-refractivity contribution >= 4 is 5.91 Å². The monoisotopic (exact) mass is 349 g/mol. The molecule has 3 aliphatic rings. The minimum atomic E-state index is 0.0639. The van der Waals surface area contributed by atoms with Crippen LogP contribution in [0.2, 0.25) is 0 Å². The van der Waals surface area contributed by atoms with Crippen LogP contribution >= 0.6 is 0 Å². The van der Waals surface area contributed by atoms with Crippen LogP contribution in [0.4, 0.5) is 0 Å². The molecular formula is C20H35N3O2. The molecule has 0 unspecified atom stereocenters. The minimum absolute atomic E-state index is 0.0639. The van der Waals surface area contributed by atoms with Crippen LogP contribution in [-0.4, -0.2) is 73.2 Å². The zero-order valence-corrected chi connectivity index (χ0v) is 16.4. The summed E-state index contributed by atoms with van der Waals surface area (Å²) < 4.78 is 6.47. The largest absolute Gasteiger partial charge is 0.370 e. The van der Waals surface area contributed by atoms with Crippen molar-refractivity contribution in [3.05, 3.63) is 11.6 Å². The van der Waals surface area contributed by atoms with Crippen molar-refractivity contribution in [2.75, 3.05) is 45.8 Å². The number of rotatable bonds is 8. The Hall–Kier alpha value is -0.910. The first kappa shape index (κ1) is 18.9. The number of likely N-dealkylation sites (tertiary alicyclic amines) is 1. The second kappa shape index (κ2) is 7.77. The van der Waals surface area contributed by atoms with Gasteiger partial charge in [-0.25, -0.2) is 0 Å². The molecule has 1 amide bonds. The molecule has 3 fully saturated rings. The summed E-state index contributed by atoms with van der Waals surface area (Å²) in [7, 11) is 0. The van der Waals surface area contributed by atoms with Gasteiger partial charge >= 0.3 is 0 Å². The second-order valence-corrected chi connectivity index (χ2v) is 8.27. The van der Waals surface area contributed by atoms with Gasteiger partial charge in [0.1, 0.15) is 0 Å². The first-order valence-electron chi connectivity index (χ1n) is 10.00. The minimum Gasteiger partial charge on any atom is -0.370 e. The van der Waals surface area contributed by atoms with Crippen molar-refractivity contribution in [1.29, 1.82) is 0 Å². The van der Waals surface area contributed by atoms with Crippen molar-refractivity contribution in [3.63, 3.8) is 0 Å². The van der Waals surface area contributed by atoms with Gasteiger partial charge < -0.3 is 10.1 Å². The number of ether oxygens (including phenoxy) is 1. The molecule has 25 heavy (non-hydrogen) atoms. The molecule has 3 rings (SSSR count). The van der Waals surface area contributed by atoms with Gasteiger partial charge in [0, 0.05) is 38.0 Å². The third-order valence-corrected chi connectivity index (χ3v) is 6.41. The summed E-state index contributed by atoms with van der Waals surface area (Å²) in [6.07, 6.45) is 5.01. The SMILES string of the molecule is CCN(CC)CC(=O)NC[C@H]1[C@H]2CN(CC=C(C)C)C[C@]23CC[C@H]1O3. The van der Waals surface area contributed by atoms with Crippen LogP contribution in [0.25, 0.3) is 0 Å². The number of hydrogen-bond acceptors (Lipinski definition) is 4. The Kier molecular flexibility index (Phi) is 5.86. The van der Waals surface area contributed by atoms with E-state index in [0.717, 1.165) is 45.7 Å². The maximum Gasteiger partial charge on any atom is 0.234 e. The van der Waals surface area contributed by atoms with E-state index in [1.54, 1.807) is 0 Å². The highest BCUT2D eigenvalue weighted by molar-refractivity contribution is 5.78. The number of carbonyl (C=O) groups excluding carboxylic acids is 1. The lowest BCUT2D eigenvalue weighted by Gasteiger charge is -2.29. The lowest BCUT2D eigenvalue weighted by molar-refractivity contribution is -0.122. The molecular weight excluding hydrogens is 314 g/mol. The molecule has 1 spiro atoms. The predicted molar refractivity (Wildman–Crippen MR) is 100 cm³/mol. The summed E-state index contributed by atoms with van der Waals surface area (Å²) in [4.78, 5) is 16.9. The van der Waals surface area contributed by atoms with E-state index < -0.39 is 0 Å². The van der Waals surface area contributed by atoms with E-state index >= 15 is 0 Å².